The van der Waals surface area contributed by atoms with Crippen molar-refractivity contribution in [1.29, 1.82) is 0 Å². The number of hydrogen-bond acceptors (Lipinski definition) is 3. The van der Waals surface area contributed by atoms with Crippen molar-refractivity contribution in [2.24, 2.45) is 0 Å². The summed E-state index contributed by atoms with van der Waals surface area (Å²) in [6.45, 7) is 2.29. The number of hydrogen-bond donors (Lipinski definition) is 2. The van der Waals surface area contributed by atoms with E-state index in [0.29, 0.717) is 6.54 Å². The molecule has 0 heterocycles. The van der Waals surface area contributed by atoms with Crippen LogP contribution in [0.15, 0.2) is 84.9 Å². The summed E-state index contributed by atoms with van der Waals surface area (Å²) in [7, 11) is 3.95. The second kappa shape index (κ2) is 10.2. The van der Waals surface area contributed by atoms with Gasteiger partial charge >= 0.3 is 6.18 Å². The molecule has 0 amide bonds. The van der Waals surface area contributed by atoms with Crippen LogP contribution in [0, 0.1) is 0 Å². The van der Waals surface area contributed by atoms with E-state index in [1.54, 1.807) is 0 Å². The number of halogens is 3. The maximum atomic E-state index is 13.0. The summed E-state index contributed by atoms with van der Waals surface area (Å²) >= 11 is 0. The van der Waals surface area contributed by atoms with Gasteiger partial charge in [-0.05, 0) is 64.8 Å². The quantitative estimate of drug-likeness (QED) is 0.301. The van der Waals surface area contributed by atoms with E-state index in [1.807, 2.05) is 44.4 Å². The molecular weight excluding hydrogens is 435 g/mol. The van der Waals surface area contributed by atoms with Crippen molar-refractivity contribution in [2.75, 3.05) is 37.4 Å². The van der Waals surface area contributed by atoms with Crippen molar-refractivity contribution in [3.63, 3.8) is 0 Å². The van der Waals surface area contributed by atoms with Crippen molar-refractivity contribution in [3.8, 4) is 11.1 Å². The van der Waals surface area contributed by atoms with Gasteiger partial charge in [0.25, 0.3) is 0 Å². The predicted octanol–water partition coefficient (Wildman–Crippen LogP) is 6.79. The molecule has 0 aromatic heterocycles. The summed E-state index contributed by atoms with van der Waals surface area (Å²) in [5.74, 6) is 0. The van der Waals surface area contributed by atoms with Crippen LogP contribution in [0.1, 0.15) is 11.1 Å². The average molecular weight is 464 g/mol. The van der Waals surface area contributed by atoms with Gasteiger partial charge in [0.2, 0.25) is 0 Å². The van der Waals surface area contributed by atoms with Crippen LogP contribution in [0.5, 0.6) is 0 Å². The molecule has 4 aromatic rings. The van der Waals surface area contributed by atoms with E-state index in [1.165, 1.54) is 22.9 Å². The van der Waals surface area contributed by atoms with E-state index < -0.39 is 11.7 Å². The zero-order valence-electron chi connectivity index (χ0n) is 19.3. The molecule has 0 aliphatic carbocycles. The predicted molar refractivity (Wildman–Crippen MR) is 135 cm³/mol. The third kappa shape index (κ3) is 5.51. The number of benzene rings is 4. The lowest BCUT2D eigenvalue weighted by molar-refractivity contribution is -0.137. The van der Waals surface area contributed by atoms with E-state index in [9.17, 15) is 13.2 Å². The number of likely N-dealkylation sites (N-methyl/N-ethyl adjacent to an activating group) is 2. The molecule has 0 unspecified atom stereocenters. The van der Waals surface area contributed by atoms with Gasteiger partial charge in [-0.2, -0.15) is 13.2 Å². The van der Waals surface area contributed by atoms with Gasteiger partial charge < -0.3 is 15.5 Å². The molecule has 0 bridgehead atoms. The normalized spacial score (nSPS) is 11.6. The molecule has 0 saturated heterocycles. The molecule has 6 heteroatoms. The van der Waals surface area contributed by atoms with Crippen LogP contribution in [0.3, 0.4) is 0 Å². The molecule has 0 fully saturated rings. The van der Waals surface area contributed by atoms with Crippen molar-refractivity contribution in [3.05, 3.63) is 96.1 Å². The summed E-state index contributed by atoms with van der Waals surface area (Å²) in [5.41, 5.74) is 4.08. The third-order valence-electron chi connectivity index (χ3n) is 5.95. The topological polar surface area (TPSA) is 27.3 Å². The largest absolute Gasteiger partial charge is 0.416 e. The van der Waals surface area contributed by atoms with Crippen molar-refractivity contribution in [2.45, 2.75) is 12.7 Å². The molecule has 176 valence electrons. The van der Waals surface area contributed by atoms with Crippen LogP contribution in [0.4, 0.5) is 24.5 Å². The molecule has 2 N–H and O–H groups in total. The Bertz CT molecular complexity index is 1250. The molecule has 0 radical (unpaired) electrons. The number of rotatable bonds is 8. The number of nitrogens with zero attached hydrogens (tertiary/aromatic N) is 1. The van der Waals surface area contributed by atoms with Gasteiger partial charge in [0, 0.05) is 26.7 Å². The first-order valence-corrected chi connectivity index (χ1v) is 11.2. The van der Waals surface area contributed by atoms with Crippen LogP contribution >= 0.6 is 0 Å². The highest BCUT2D eigenvalue weighted by molar-refractivity contribution is 5.83. The molecule has 3 nitrogen and oxygen atoms in total. The molecule has 4 rings (SSSR count). The van der Waals surface area contributed by atoms with E-state index in [4.69, 9.17) is 0 Å². The number of fused-ring (bicyclic) bond motifs is 1. The lowest BCUT2D eigenvalue weighted by atomic mass is 10.0. The first-order valence-electron chi connectivity index (χ1n) is 11.2. The van der Waals surface area contributed by atoms with Gasteiger partial charge in [-0.1, -0.05) is 54.6 Å². The molecule has 34 heavy (non-hydrogen) atoms. The van der Waals surface area contributed by atoms with Crippen molar-refractivity contribution < 1.29 is 13.2 Å². The number of nitrogens with one attached hydrogen (secondary N) is 2. The molecular formula is C28H28F3N3. The maximum Gasteiger partial charge on any atom is 0.416 e. The second-order valence-corrected chi connectivity index (χ2v) is 8.37. The molecule has 4 aromatic carbocycles. The standard InChI is InChI=1S/C28H28F3N3/c1-32-15-16-34(2)27-14-11-24(22-9-12-25(13-10-22)28(29,30)31)18-26(27)33-19-20-7-8-21-5-3-4-6-23(21)17-20/h3-14,17-18,32-33H,15-16,19H2,1-2H3. The highest BCUT2D eigenvalue weighted by Crippen LogP contribution is 2.34. The average Bonchev–Trinajstić information content (AvgIpc) is 2.85. The summed E-state index contributed by atoms with van der Waals surface area (Å²) in [4.78, 5) is 2.16. The minimum atomic E-state index is -4.34. The highest BCUT2D eigenvalue weighted by Gasteiger charge is 2.30. The lowest BCUT2D eigenvalue weighted by Gasteiger charge is -2.24. The highest BCUT2D eigenvalue weighted by atomic mass is 19.4. The summed E-state index contributed by atoms with van der Waals surface area (Å²) in [6.07, 6.45) is -4.34. The molecule has 0 aliphatic rings. The fraction of sp³-hybridized carbons (Fsp3) is 0.214. The third-order valence-corrected chi connectivity index (χ3v) is 5.95. The maximum absolute atomic E-state index is 13.0. The lowest BCUT2D eigenvalue weighted by Crippen LogP contribution is -2.27. The van der Waals surface area contributed by atoms with Crippen LogP contribution in [0.25, 0.3) is 21.9 Å². The Morgan fingerprint density at radius 3 is 2.21 bits per heavy atom. The Kier molecular flexibility index (Phi) is 7.08. The van der Waals surface area contributed by atoms with E-state index >= 15 is 0 Å². The van der Waals surface area contributed by atoms with Crippen LogP contribution < -0.4 is 15.5 Å². The first-order chi connectivity index (χ1) is 16.3. The van der Waals surface area contributed by atoms with Gasteiger partial charge in [-0.15, -0.1) is 0 Å². The van der Waals surface area contributed by atoms with Gasteiger partial charge in [0.05, 0.1) is 16.9 Å². The fourth-order valence-electron chi connectivity index (χ4n) is 3.99. The Morgan fingerprint density at radius 2 is 1.50 bits per heavy atom. The molecule has 0 spiro atoms. The van der Waals surface area contributed by atoms with E-state index in [2.05, 4.69) is 45.9 Å². The zero-order chi connectivity index (χ0) is 24.1. The Balaban J connectivity index is 1.62. The number of anilines is 2. The zero-order valence-corrected chi connectivity index (χ0v) is 19.3. The monoisotopic (exact) mass is 463 g/mol. The molecule has 0 aliphatic heterocycles. The van der Waals surface area contributed by atoms with Gasteiger partial charge in [-0.25, -0.2) is 0 Å². The SMILES string of the molecule is CNCCN(C)c1ccc(-c2ccc(C(F)(F)F)cc2)cc1NCc1ccc2ccccc2c1. The summed E-state index contributed by atoms with van der Waals surface area (Å²) in [6, 6.07) is 25.9. The Morgan fingerprint density at radius 1 is 0.794 bits per heavy atom. The first kappa shape index (κ1) is 23.6. The second-order valence-electron chi connectivity index (χ2n) is 8.37. The van der Waals surface area contributed by atoms with Crippen molar-refractivity contribution >= 4 is 22.1 Å². The van der Waals surface area contributed by atoms with Crippen LogP contribution in [-0.4, -0.2) is 27.2 Å². The summed E-state index contributed by atoms with van der Waals surface area (Å²) in [5, 5.41) is 9.10. The minimum absolute atomic E-state index is 0.633. The van der Waals surface area contributed by atoms with Gasteiger partial charge in [0.1, 0.15) is 0 Å². The fourth-order valence-corrected chi connectivity index (χ4v) is 3.99. The number of alkyl halides is 3. The Hall–Kier alpha value is -3.51. The molecule has 0 saturated carbocycles. The van der Waals surface area contributed by atoms with Gasteiger partial charge in [0.15, 0.2) is 0 Å². The van der Waals surface area contributed by atoms with Gasteiger partial charge in [-0.3, -0.25) is 0 Å². The molecule has 0 atom stereocenters. The minimum Gasteiger partial charge on any atom is -0.379 e. The summed E-state index contributed by atoms with van der Waals surface area (Å²) < 4.78 is 38.9. The van der Waals surface area contributed by atoms with Crippen molar-refractivity contribution in [1.82, 2.24) is 5.32 Å². The van der Waals surface area contributed by atoms with E-state index in [0.717, 1.165) is 53.3 Å². The van der Waals surface area contributed by atoms with Crippen LogP contribution in [0.2, 0.25) is 0 Å². The van der Waals surface area contributed by atoms with E-state index in [-0.39, 0.29) is 0 Å². The smallest absolute Gasteiger partial charge is 0.379 e. The Labute approximate surface area is 198 Å². The van der Waals surface area contributed by atoms with Crippen LogP contribution in [-0.2, 0) is 12.7 Å².